The van der Waals surface area contributed by atoms with Gasteiger partial charge in [-0.15, -0.1) is 10.2 Å². The number of rotatable bonds is 9. The highest BCUT2D eigenvalue weighted by molar-refractivity contribution is 7.98. The summed E-state index contributed by atoms with van der Waals surface area (Å²) in [6, 6.07) is 21.2. The lowest BCUT2D eigenvalue weighted by Crippen LogP contribution is -2.00. The lowest BCUT2D eigenvalue weighted by molar-refractivity contribution is 0.324. The van der Waals surface area contributed by atoms with E-state index in [1.807, 2.05) is 66.7 Å². The maximum Gasteiger partial charge on any atom is 0.212 e. The first-order valence-corrected chi connectivity index (χ1v) is 11.7. The molecule has 0 radical (unpaired) electrons. The van der Waals surface area contributed by atoms with E-state index >= 15 is 0 Å². The summed E-state index contributed by atoms with van der Waals surface area (Å²) >= 11 is 7.84. The number of hydrogen-bond donors (Lipinski definition) is 0. The molecule has 174 valence electrons. The molecule has 0 fully saturated rings. The molecule has 0 aliphatic rings. The molecule has 0 aliphatic heterocycles. The topological polar surface area (TPSA) is 70.8 Å². The molecule has 1 heterocycles. The average molecular weight is 495 g/mol. The van der Waals surface area contributed by atoms with Crippen LogP contribution in [-0.4, -0.2) is 42.4 Å². The number of nitrogens with zero attached hydrogens (tertiary/aromatic N) is 4. The van der Waals surface area contributed by atoms with Crippen LogP contribution in [0.25, 0.3) is 11.4 Å². The van der Waals surface area contributed by atoms with Crippen molar-refractivity contribution < 1.29 is 14.2 Å². The first kappa shape index (κ1) is 23.7. The summed E-state index contributed by atoms with van der Waals surface area (Å²) < 4.78 is 18.2. The van der Waals surface area contributed by atoms with Crippen molar-refractivity contribution in [3.05, 3.63) is 82.9 Å². The van der Waals surface area contributed by atoms with E-state index in [1.54, 1.807) is 32.2 Å². The van der Waals surface area contributed by atoms with Gasteiger partial charge in [0.25, 0.3) is 0 Å². The van der Waals surface area contributed by atoms with E-state index in [0.717, 1.165) is 16.7 Å². The first-order chi connectivity index (χ1) is 16.6. The summed E-state index contributed by atoms with van der Waals surface area (Å²) in [5.41, 5.74) is 2.68. The Labute approximate surface area is 207 Å². The van der Waals surface area contributed by atoms with Crippen molar-refractivity contribution >= 4 is 29.6 Å². The van der Waals surface area contributed by atoms with E-state index < -0.39 is 0 Å². The van der Waals surface area contributed by atoms with Crippen LogP contribution < -0.4 is 14.2 Å². The molecule has 1 aromatic heterocycles. The van der Waals surface area contributed by atoms with Crippen molar-refractivity contribution in [1.29, 1.82) is 0 Å². The molecule has 34 heavy (non-hydrogen) atoms. The Morgan fingerprint density at radius 2 is 1.59 bits per heavy atom. The number of thioether (sulfide) groups is 1. The predicted octanol–water partition coefficient (Wildman–Crippen LogP) is 5.80. The molecule has 0 N–H and O–H groups in total. The molecule has 4 aromatic rings. The van der Waals surface area contributed by atoms with Crippen molar-refractivity contribution in [2.75, 3.05) is 21.3 Å². The van der Waals surface area contributed by atoms with Gasteiger partial charge in [0.15, 0.2) is 17.3 Å². The fourth-order valence-corrected chi connectivity index (χ4v) is 4.44. The van der Waals surface area contributed by atoms with Gasteiger partial charge in [0.1, 0.15) is 0 Å². The molecule has 0 atom stereocenters. The van der Waals surface area contributed by atoms with E-state index in [1.165, 1.54) is 11.8 Å². The Balaban J connectivity index is 1.77. The summed E-state index contributed by atoms with van der Waals surface area (Å²) in [7, 11) is 4.71. The molecule has 7 nitrogen and oxygen atoms in total. The van der Waals surface area contributed by atoms with E-state index in [2.05, 4.69) is 10.2 Å². The van der Waals surface area contributed by atoms with Crippen molar-refractivity contribution in [3.8, 4) is 28.6 Å². The number of aromatic nitrogens is 3. The Morgan fingerprint density at radius 1 is 0.912 bits per heavy atom. The Morgan fingerprint density at radius 3 is 2.24 bits per heavy atom. The molecule has 4 rings (SSSR count). The van der Waals surface area contributed by atoms with Gasteiger partial charge in [-0.05, 0) is 29.3 Å². The zero-order valence-electron chi connectivity index (χ0n) is 18.9. The fraction of sp³-hybridized carbons (Fsp3) is 0.160. The molecule has 9 heteroatoms. The van der Waals surface area contributed by atoms with Crippen LogP contribution in [0.15, 0.2) is 77.0 Å². The van der Waals surface area contributed by atoms with Gasteiger partial charge in [0.05, 0.1) is 27.5 Å². The van der Waals surface area contributed by atoms with Crippen LogP contribution in [0, 0.1) is 0 Å². The summed E-state index contributed by atoms with van der Waals surface area (Å²) in [4.78, 5) is 0. The molecule has 0 amide bonds. The lowest BCUT2D eigenvalue weighted by Gasteiger charge is -2.14. The van der Waals surface area contributed by atoms with Crippen molar-refractivity contribution in [2.45, 2.75) is 10.9 Å². The summed E-state index contributed by atoms with van der Waals surface area (Å²) in [5, 5.41) is 14.9. The smallest absolute Gasteiger partial charge is 0.212 e. The minimum atomic E-state index is 0.501. The Kier molecular flexibility index (Phi) is 7.72. The standard InChI is InChI=1S/C25H23ClN4O3S/c1-31-21-13-19(14-22(32-2)23(21)33-3)24-28-29-25(34-16-18-11-7-8-12-20(18)26)30(24)27-15-17-9-5-4-6-10-17/h4-15H,16H2,1-3H3/b27-15+. The molecular formula is C25H23ClN4O3S. The van der Waals surface area contributed by atoms with E-state index in [4.69, 9.17) is 30.9 Å². The van der Waals surface area contributed by atoms with Gasteiger partial charge in [0.2, 0.25) is 10.9 Å². The van der Waals surface area contributed by atoms with Gasteiger partial charge < -0.3 is 14.2 Å². The van der Waals surface area contributed by atoms with Crippen molar-refractivity contribution in [1.82, 2.24) is 14.9 Å². The quantitative estimate of drug-likeness (QED) is 0.216. The molecule has 0 bridgehead atoms. The molecule has 0 aliphatic carbocycles. The second-order valence-electron chi connectivity index (χ2n) is 7.07. The maximum absolute atomic E-state index is 6.34. The molecule has 3 aromatic carbocycles. The molecular weight excluding hydrogens is 472 g/mol. The largest absolute Gasteiger partial charge is 0.493 e. The molecule has 0 unspecified atom stereocenters. The minimum absolute atomic E-state index is 0.501. The second kappa shape index (κ2) is 11.1. The van der Waals surface area contributed by atoms with Gasteiger partial charge in [-0.3, -0.25) is 0 Å². The highest BCUT2D eigenvalue weighted by Gasteiger charge is 2.20. The van der Waals surface area contributed by atoms with Crippen LogP contribution in [0.2, 0.25) is 5.02 Å². The summed E-state index contributed by atoms with van der Waals surface area (Å²) in [6.07, 6.45) is 1.77. The first-order valence-electron chi connectivity index (χ1n) is 10.4. The maximum atomic E-state index is 6.34. The highest BCUT2D eigenvalue weighted by atomic mass is 35.5. The van der Waals surface area contributed by atoms with E-state index in [-0.39, 0.29) is 0 Å². The molecule has 0 saturated carbocycles. The van der Waals surface area contributed by atoms with Gasteiger partial charge in [-0.2, -0.15) is 9.78 Å². The lowest BCUT2D eigenvalue weighted by atomic mass is 10.1. The number of halogens is 1. The van der Waals surface area contributed by atoms with Gasteiger partial charge in [-0.25, -0.2) is 0 Å². The summed E-state index contributed by atoms with van der Waals surface area (Å²) in [6.45, 7) is 0. The Bertz CT molecular complexity index is 1270. The third-order valence-corrected chi connectivity index (χ3v) is 6.31. The summed E-state index contributed by atoms with van der Waals surface area (Å²) in [5.74, 6) is 2.69. The average Bonchev–Trinajstić information content (AvgIpc) is 3.29. The molecule has 0 spiro atoms. The second-order valence-corrected chi connectivity index (χ2v) is 8.42. The number of hydrogen-bond acceptors (Lipinski definition) is 7. The number of ether oxygens (including phenoxy) is 3. The van der Waals surface area contributed by atoms with Crippen LogP contribution in [0.1, 0.15) is 11.1 Å². The third-order valence-electron chi connectivity index (χ3n) is 4.97. The van der Waals surface area contributed by atoms with Crippen LogP contribution in [0.4, 0.5) is 0 Å². The van der Waals surface area contributed by atoms with Gasteiger partial charge in [-0.1, -0.05) is 71.9 Å². The Hall–Kier alpha value is -3.49. The van der Waals surface area contributed by atoms with Crippen molar-refractivity contribution in [3.63, 3.8) is 0 Å². The SMILES string of the molecule is COc1cc(-c2nnc(SCc3ccccc3Cl)n2/N=C/c2ccccc2)cc(OC)c1OC. The zero-order chi connectivity index (χ0) is 23.9. The monoisotopic (exact) mass is 494 g/mol. The highest BCUT2D eigenvalue weighted by Crippen LogP contribution is 2.41. The minimum Gasteiger partial charge on any atom is -0.493 e. The zero-order valence-corrected chi connectivity index (χ0v) is 20.5. The molecule has 0 saturated heterocycles. The normalized spacial score (nSPS) is 11.1. The van der Waals surface area contributed by atoms with Crippen molar-refractivity contribution in [2.24, 2.45) is 5.10 Å². The van der Waals surface area contributed by atoms with Crippen LogP contribution in [0.5, 0.6) is 17.2 Å². The van der Waals surface area contributed by atoms with Crippen LogP contribution >= 0.6 is 23.4 Å². The fourth-order valence-electron chi connectivity index (χ4n) is 3.27. The number of benzene rings is 3. The van der Waals surface area contributed by atoms with Crippen LogP contribution in [-0.2, 0) is 5.75 Å². The third kappa shape index (κ3) is 5.18. The number of methoxy groups -OCH3 is 3. The van der Waals surface area contributed by atoms with Gasteiger partial charge in [0, 0.05) is 16.3 Å². The van der Waals surface area contributed by atoms with Crippen LogP contribution in [0.3, 0.4) is 0 Å². The van der Waals surface area contributed by atoms with E-state index in [0.29, 0.717) is 39.0 Å². The van der Waals surface area contributed by atoms with E-state index in [9.17, 15) is 0 Å². The predicted molar refractivity (Wildman–Crippen MR) is 136 cm³/mol. The van der Waals surface area contributed by atoms with Gasteiger partial charge >= 0.3 is 0 Å².